The van der Waals surface area contributed by atoms with E-state index >= 15 is 0 Å². The average Bonchev–Trinajstić information content (AvgIpc) is 2.92. The summed E-state index contributed by atoms with van der Waals surface area (Å²) in [7, 11) is 2.04. The average molecular weight is 246 g/mol. The first-order chi connectivity index (χ1) is 8.66. The summed E-state index contributed by atoms with van der Waals surface area (Å²) in [4.78, 5) is 17.7. The van der Waals surface area contributed by atoms with Crippen molar-refractivity contribution in [1.29, 1.82) is 0 Å². The maximum Gasteiger partial charge on any atom is 0.339 e. The van der Waals surface area contributed by atoms with Crippen LogP contribution in [0.3, 0.4) is 0 Å². The van der Waals surface area contributed by atoms with Crippen molar-refractivity contribution in [2.45, 2.75) is 18.9 Å². The summed E-state index contributed by atoms with van der Waals surface area (Å²) in [6.07, 6.45) is 3.88. The molecule has 3 rings (SSSR count). The number of carboxylic acids is 1. The van der Waals surface area contributed by atoms with Crippen molar-refractivity contribution in [1.82, 2.24) is 19.5 Å². The number of carbonyl (C=O) groups is 1. The Morgan fingerprint density at radius 2 is 2.39 bits per heavy atom. The van der Waals surface area contributed by atoms with Crippen molar-refractivity contribution >= 4 is 11.6 Å². The quantitative estimate of drug-likeness (QED) is 0.862. The molecule has 94 valence electrons. The predicted octanol–water partition coefficient (Wildman–Crippen LogP) is 1.19. The fraction of sp³-hybridized carbons (Fsp3) is 0.417. The standard InChI is InChI=1S/C12H14N4O2/c1-15-6-3-5-9(15)10-13-11-8(12(17)18)4-2-7-16(11)14-10/h2,4,7,9H,3,5-6H2,1H3,(H,17,18). The SMILES string of the molecule is CN1CCCC1c1nc2c(C(=O)O)cccn2n1. The van der Waals surface area contributed by atoms with E-state index in [-0.39, 0.29) is 11.6 Å². The van der Waals surface area contributed by atoms with Crippen LogP contribution in [0.4, 0.5) is 0 Å². The number of fused-ring (bicyclic) bond motifs is 1. The van der Waals surface area contributed by atoms with E-state index in [0.29, 0.717) is 11.5 Å². The lowest BCUT2D eigenvalue weighted by molar-refractivity contribution is 0.0698. The van der Waals surface area contributed by atoms with Crippen molar-refractivity contribution in [3.8, 4) is 0 Å². The van der Waals surface area contributed by atoms with Crippen LogP contribution >= 0.6 is 0 Å². The number of aromatic nitrogens is 3. The van der Waals surface area contributed by atoms with Gasteiger partial charge in [-0.1, -0.05) is 0 Å². The van der Waals surface area contributed by atoms with Crippen LogP contribution in [0, 0.1) is 0 Å². The van der Waals surface area contributed by atoms with Gasteiger partial charge < -0.3 is 5.11 Å². The molecule has 1 unspecified atom stereocenters. The number of likely N-dealkylation sites (tertiary alicyclic amines) is 1. The molecule has 0 saturated carbocycles. The van der Waals surface area contributed by atoms with Gasteiger partial charge in [-0.3, -0.25) is 4.90 Å². The minimum absolute atomic E-state index is 0.192. The highest BCUT2D eigenvalue weighted by atomic mass is 16.4. The van der Waals surface area contributed by atoms with Crippen molar-refractivity contribution in [2.75, 3.05) is 13.6 Å². The van der Waals surface area contributed by atoms with Crippen molar-refractivity contribution in [2.24, 2.45) is 0 Å². The van der Waals surface area contributed by atoms with Gasteiger partial charge in [-0.05, 0) is 38.6 Å². The van der Waals surface area contributed by atoms with Crippen LogP contribution in [0.15, 0.2) is 18.3 Å². The zero-order chi connectivity index (χ0) is 12.7. The summed E-state index contributed by atoms with van der Waals surface area (Å²) < 4.78 is 1.55. The highest BCUT2D eigenvalue weighted by Gasteiger charge is 2.27. The third-order valence-corrected chi connectivity index (χ3v) is 3.43. The molecule has 3 heterocycles. The summed E-state index contributed by atoms with van der Waals surface area (Å²) >= 11 is 0. The molecule has 0 aromatic carbocycles. The molecule has 1 N–H and O–H groups in total. The molecule has 1 aliphatic heterocycles. The topological polar surface area (TPSA) is 70.7 Å². The van der Waals surface area contributed by atoms with Crippen LogP contribution < -0.4 is 0 Å². The lowest BCUT2D eigenvalue weighted by atomic mass is 10.2. The molecule has 6 nitrogen and oxygen atoms in total. The largest absolute Gasteiger partial charge is 0.478 e. The van der Waals surface area contributed by atoms with Gasteiger partial charge >= 0.3 is 5.97 Å². The molecular formula is C12H14N4O2. The minimum Gasteiger partial charge on any atom is -0.478 e. The highest BCUT2D eigenvalue weighted by molar-refractivity contribution is 5.94. The van der Waals surface area contributed by atoms with Gasteiger partial charge in [0.15, 0.2) is 11.5 Å². The summed E-state index contributed by atoms with van der Waals surface area (Å²) in [5, 5.41) is 13.5. The molecule has 1 atom stereocenters. The zero-order valence-corrected chi connectivity index (χ0v) is 10.1. The van der Waals surface area contributed by atoms with Crippen LogP contribution in [0.25, 0.3) is 5.65 Å². The Balaban J connectivity index is 2.11. The van der Waals surface area contributed by atoms with Gasteiger partial charge in [0.25, 0.3) is 0 Å². The summed E-state index contributed by atoms with van der Waals surface area (Å²) in [5.74, 6) is -0.261. The molecule has 1 fully saturated rings. The number of hydrogen-bond acceptors (Lipinski definition) is 4. The molecule has 2 aromatic heterocycles. The second-order valence-electron chi connectivity index (χ2n) is 4.60. The molecule has 2 aromatic rings. The predicted molar refractivity (Wildman–Crippen MR) is 64.6 cm³/mol. The third-order valence-electron chi connectivity index (χ3n) is 3.43. The van der Waals surface area contributed by atoms with Gasteiger partial charge in [-0.2, -0.15) is 0 Å². The van der Waals surface area contributed by atoms with Gasteiger partial charge in [0, 0.05) is 6.20 Å². The first-order valence-electron chi connectivity index (χ1n) is 5.95. The molecule has 0 bridgehead atoms. The fourth-order valence-electron chi connectivity index (χ4n) is 2.47. The van der Waals surface area contributed by atoms with E-state index in [4.69, 9.17) is 5.11 Å². The Kier molecular flexibility index (Phi) is 2.52. The third kappa shape index (κ3) is 1.65. The molecule has 0 amide bonds. The van der Waals surface area contributed by atoms with E-state index in [1.807, 2.05) is 7.05 Å². The van der Waals surface area contributed by atoms with E-state index in [9.17, 15) is 4.79 Å². The lowest BCUT2D eigenvalue weighted by Gasteiger charge is -2.15. The summed E-state index contributed by atoms with van der Waals surface area (Å²) in [6, 6.07) is 3.42. The van der Waals surface area contributed by atoms with Crippen LogP contribution in [0.1, 0.15) is 35.1 Å². The fourth-order valence-corrected chi connectivity index (χ4v) is 2.47. The Morgan fingerprint density at radius 1 is 1.56 bits per heavy atom. The Morgan fingerprint density at radius 3 is 3.06 bits per heavy atom. The van der Waals surface area contributed by atoms with Gasteiger partial charge in [-0.15, -0.1) is 5.10 Å². The Bertz CT molecular complexity index is 607. The molecule has 0 spiro atoms. The second-order valence-corrected chi connectivity index (χ2v) is 4.60. The normalized spacial score (nSPS) is 20.6. The number of nitrogens with zero attached hydrogens (tertiary/aromatic N) is 4. The molecule has 18 heavy (non-hydrogen) atoms. The van der Waals surface area contributed by atoms with Crippen molar-refractivity contribution < 1.29 is 9.90 Å². The van der Waals surface area contributed by atoms with Gasteiger partial charge in [-0.25, -0.2) is 14.3 Å². The molecule has 1 aliphatic rings. The number of aromatic carboxylic acids is 1. The number of carboxylic acid groups (broad SMARTS) is 1. The van der Waals surface area contributed by atoms with Crippen LogP contribution in [0.2, 0.25) is 0 Å². The van der Waals surface area contributed by atoms with E-state index in [0.717, 1.165) is 19.4 Å². The van der Waals surface area contributed by atoms with Crippen molar-refractivity contribution in [3.05, 3.63) is 29.7 Å². The van der Waals surface area contributed by atoms with Gasteiger partial charge in [0.2, 0.25) is 0 Å². The highest BCUT2D eigenvalue weighted by Crippen LogP contribution is 2.28. The van der Waals surface area contributed by atoms with E-state index in [2.05, 4.69) is 15.0 Å². The molecule has 0 radical (unpaired) electrons. The zero-order valence-electron chi connectivity index (χ0n) is 10.1. The van der Waals surface area contributed by atoms with Crippen LogP contribution in [0.5, 0.6) is 0 Å². The Hall–Kier alpha value is -1.95. The Labute approximate surface area is 104 Å². The number of hydrogen-bond donors (Lipinski definition) is 1. The minimum atomic E-state index is -0.973. The molecule has 1 saturated heterocycles. The number of rotatable bonds is 2. The van der Waals surface area contributed by atoms with E-state index in [1.54, 1.807) is 22.8 Å². The van der Waals surface area contributed by atoms with Gasteiger partial charge in [0.05, 0.1) is 6.04 Å². The van der Waals surface area contributed by atoms with Crippen LogP contribution in [-0.4, -0.2) is 44.2 Å². The maximum atomic E-state index is 11.1. The maximum absolute atomic E-state index is 11.1. The lowest BCUT2D eigenvalue weighted by Crippen LogP contribution is -2.18. The number of pyridine rings is 1. The smallest absolute Gasteiger partial charge is 0.339 e. The van der Waals surface area contributed by atoms with Crippen molar-refractivity contribution in [3.63, 3.8) is 0 Å². The first kappa shape index (κ1) is 11.2. The molecule has 0 aliphatic carbocycles. The van der Waals surface area contributed by atoms with Gasteiger partial charge in [0.1, 0.15) is 5.56 Å². The van der Waals surface area contributed by atoms with E-state index < -0.39 is 5.97 Å². The monoisotopic (exact) mass is 246 g/mol. The second kappa shape index (κ2) is 4.06. The van der Waals surface area contributed by atoms with E-state index in [1.165, 1.54) is 0 Å². The first-order valence-corrected chi connectivity index (χ1v) is 5.95. The molecule has 6 heteroatoms. The molecular weight excluding hydrogens is 232 g/mol. The summed E-state index contributed by atoms with van der Waals surface area (Å²) in [5.41, 5.74) is 0.609. The summed E-state index contributed by atoms with van der Waals surface area (Å²) in [6.45, 7) is 1.03. The van der Waals surface area contributed by atoms with Crippen LogP contribution in [-0.2, 0) is 0 Å².